The summed E-state index contributed by atoms with van der Waals surface area (Å²) in [4.78, 5) is 24.9. The minimum atomic E-state index is -1.05. The molecule has 0 bridgehead atoms. The summed E-state index contributed by atoms with van der Waals surface area (Å²) in [6.07, 6.45) is 0.441. The van der Waals surface area contributed by atoms with Crippen LogP contribution in [0.3, 0.4) is 0 Å². The minimum Gasteiger partial charge on any atom is -0.489 e. The van der Waals surface area contributed by atoms with Crippen molar-refractivity contribution in [2.75, 3.05) is 18.1 Å². The zero-order chi connectivity index (χ0) is 14.0. The van der Waals surface area contributed by atoms with Gasteiger partial charge in [-0.25, -0.2) is 4.79 Å². The van der Waals surface area contributed by atoms with Gasteiger partial charge in [-0.2, -0.15) is 0 Å². The van der Waals surface area contributed by atoms with E-state index < -0.39 is 5.97 Å². The summed E-state index contributed by atoms with van der Waals surface area (Å²) in [5.74, 6) is -0.489. The van der Waals surface area contributed by atoms with E-state index in [0.29, 0.717) is 31.0 Å². The number of para-hydroxylation sites is 1. The van der Waals surface area contributed by atoms with Gasteiger partial charge in [-0.05, 0) is 18.1 Å². The van der Waals surface area contributed by atoms with Gasteiger partial charge in [-0.15, -0.1) is 0 Å². The number of benzene rings is 1. The van der Waals surface area contributed by atoms with Gasteiger partial charge in [-0.3, -0.25) is 4.79 Å². The quantitative estimate of drug-likeness (QED) is 0.907. The molecule has 0 atom stereocenters. The van der Waals surface area contributed by atoms with Crippen molar-refractivity contribution in [1.82, 2.24) is 0 Å². The highest BCUT2D eigenvalue weighted by molar-refractivity contribution is 6.00. The summed E-state index contributed by atoms with van der Waals surface area (Å²) in [5, 5.41) is 9.13. The van der Waals surface area contributed by atoms with Crippen molar-refractivity contribution < 1.29 is 19.4 Å². The van der Waals surface area contributed by atoms with E-state index in [0.717, 1.165) is 0 Å². The zero-order valence-electron chi connectivity index (χ0n) is 11.0. The van der Waals surface area contributed by atoms with Gasteiger partial charge in [0.25, 0.3) is 0 Å². The van der Waals surface area contributed by atoms with E-state index in [-0.39, 0.29) is 17.4 Å². The van der Waals surface area contributed by atoms with E-state index in [1.54, 1.807) is 17.0 Å². The van der Waals surface area contributed by atoms with Crippen molar-refractivity contribution in [3.05, 3.63) is 23.8 Å². The summed E-state index contributed by atoms with van der Waals surface area (Å²) in [5.41, 5.74) is 0.649. The Morgan fingerprint density at radius 1 is 1.42 bits per heavy atom. The molecule has 1 aromatic rings. The highest BCUT2D eigenvalue weighted by atomic mass is 16.5. The molecule has 1 aliphatic heterocycles. The van der Waals surface area contributed by atoms with Crippen LogP contribution in [0.15, 0.2) is 18.2 Å². The van der Waals surface area contributed by atoms with Gasteiger partial charge in [0.15, 0.2) is 5.75 Å². The molecule has 0 saturated heterocycles. The molecule has 102 valence electrons. The molecule has 5 nitrogen and oxygen atoms in total. The van der Waals surface area contributed by atoms with Crippen LogP contribution in [-0.4, -0.2) is 30.1 Å². The smallest absolute Gasteiger partial charge is 0.339 e. The Morgan fingerprint density at radius 3 is 2.79 bits per heavy atom. The predicted molar refractivity (Wildman–Crippen MR) is 70.7 cm³/mol. The molecule has 1 amide bonds. The van der Waals surface area contributed by atoms with Gasteiger partial charge < -0.3 is 14.7 Å². The van der Waals surface area contributed by atoms with E-state index in [1.165, 1.54) is 6.07 Å². The second-order valence-corrected chi connectivity index (χ2v) is 4.95. The van der Waals surface area contributed by atoms with E-state index >= 15 is 0 Å². The van der Waals surface area contributed by atoms with Crippen molar-refractivity contribution >= 4 is 17.6 Å². The molecule has 0 aromatic heterocycles. The topological polar surface area (TPSA) is 66.8 Å². The third kappa shape index (κ3) is 2.70. The average molecular weight is 263 g/mol. The van der Waals surface area contributed by atoms with Crippen molar-refractivity contribution in [2.45, 2.75) is 20.3 Å². The highest BCUT2D eigenvalue weighted by Crippen LogP contribution is 2.35. The maximum absolute atomic E-state index is 12.2. The minimum absolute atomic E-state index is 0.00193. The molecular weight excluding hydrogens is 246 g/mol. The molecule has 1 heterocycles. The second-order valence-electron chi connectivity index (χ2n) is 4.95. The highest BCUT2D eigenvalue weighted by Gasteiger charge is 2.27. The van der Waals surface area contributed by atoms with Crippen LogP contribution >= 0.6 is 0 Å². The molecule has 0 saturated carbocycles. The number of rotatable bonds is 3. The van der Waals surface area contributed by atoms with E-state index in [4.69, 9.17) is 9.84 Å². The zero-order valence-corrected chi connectivity index (χ0v) is 11.0. The number of fused-ring (bicyclic) bond motifs is 1. The first-order valence-corrected chi connectivity index (χ1v) is 6.30. The number of ether oxygens (including phenoxy) is 1. The van der Waals surface area contributed by atoms with Gasteiger partial charge in [-0.1, -0.05) is 19.9 Å². The standard InChI is InChI=1S/C14H17NO4/c1-9(2)8-12(16)15-6-7-19-13-10(14(17)18)4-3-5-11(13)15/h3-5,9H,6-8H2,1-2H3,(H,17,18). The lowest BCUT2D eigenvalue weighted by atomic mass is 10.1. The maximum atomic E-state index is 12.2. The Morgan fingerprint density at radius 2 is 2.16 bits per heavy atom. The summed E-state index contributed by atoms with van der Waals surface area (Å²) < 4.78 is 5.43. The summed E-state index contributed by atoms with van der Waals surface area (Å²) >= 11 is 0. The molecule has 2 rings (SSSR count). The molecule has 0 radical (unpaired) electrons. The fourth-order valence-corrected chi connectivity index (χ4v) is 2.14. The SMILES string of the molecule is CC(C)CC(=O)N1CCOc2c(C(=O)O)cccc21. The number of carbonyl (C=O) groups excluding carboxylic acids is 1. The lowest BCUT2D eigenvalue weighted by molar-refractivity contribution is -0.119. The molecule has 1 aliphatic rings. The van der Waals surface area contributed by atoms with Gasteiger partial charge in [0.2, 0.25) is 5.91 Å². The van der Waals surface area contributed by atoms with Crippen LogP contribution in [0.5, 0.6) is 5.75 Å². The first kappa shape index (κ1) is 13.4. The fraction of sp³-hybridized carbons (Fsp3) is 0.429. The Kier molecular flexibility index (Phi) is 3.74. The number of hydrogen-bond donors (Lipinski definition) is 1. The van der Waals surface area contributed by atoms with Crippen LogP contribution in [0, 0.1) is 5.92 Å². The Hall–Kier alpha value is -2.04. The number of carboxylic acids is 1. The van der Waals surface area contributed by atoms with Crippen molar-refractivity contribution in [3.8, 4) is 5.75 Å². The molecule has 1 N–H and O–H groups in total. The third-order valence-electron chi connectivity index (χ3n) is 2.96. The van der Waals surface area contributed by atoms with Crippen molar-refractivity contribution in [1.29, 1.82) is 0 Å². The van der Waals surface area contributed by atoms with Gasteiger partial charge in [0, 0.05) is 6.42 Å². The van der Waals surface area contributed by atoms with Crippen molar-refractivity contribution in [3.63, 3.8) is 0 Å². The first-order chi connectivity index (χ1) is 9.00. The van der Waals surface area contributed by atoms with Gasteiger partial charge >= 0.3 is 5.97 Å². The molecular formula is C14H17NO4. The first-order valence-electron chi connectivity index (χ1n) is 6.30. The number of carbonyl (C=O) groups is 2. The Balaban J connectivity index is 2.37. The van der Waals surface area contributed by atoms with E-state index in [1.807, 2.05) is 13.8 Å². The molecule has 0 unspecified atom stereocenters. The predicted octanol–water partition coefficient (Wildman–Crippen LogP) is 2.16. The van der Waals surface area contributed by atoms with Crippen LogP contribution in [0.1, 0.15) is 30.6 Å². The number of carboxylic acid groups (broad SMARTS) is 1. The monoisotopic (exact) mass is 263 g/mol. The summed E-state index contributed by atoms with van der Waals surface area (Å²) in [7, 11) is 0. The molecule has 5 heteroatoms. The fourth-order valence-electron chi connectivity index (χ4n) is 2.14. The summed E-state index contributed by atoms with van der Waals surface area (Å²) in [6.45, 7) is 4.74. The number of anilines is 1. The summed E-state index contributed by atoms with van der Waals surface area (Å²) in [6, 6.07) is 4.84. The molecule has 0 fully saturated rings. The molecule has 19 heavy (non-hydrogen) atoms. The lowest BCUT2D eigenvalue weighted by Crippen LogP contribution is -2.38. The van der Waals surface area contributed by atoms with E-state index in [9.17, 15) is 9.59 Å². The number of hydrogen-bond acceptors (Lipinski definition) is 3. The lowest BCUT2D eigenvalue weighted by Gasteiger charge is -2.30. The normalized spacial score (nSPS) is 13.9. The Labute approximate surface area is 111 Å². The van der Waals surface area contributed by atoms with Crippen LogP contribution < -0.4 is 9.64 Å². The van der Waals surface area contributed by atoms with Crippen LogP contribution in [-0.2, 0) is 4.79 Å². The van der Waals surface area contributed by atoms with Crippen LogP contribution in [0.4, 0.5) is 5.69 Å². The maximum Gasteiger partial charge on any atom is 0.339 e. The number of aromatic carboxylic acids is 1. The number of amides is 1. The number of nitrogens with zero attached hydrogens (tertiary/aromatic N) is 1. The van der Waals surface area contributed by atoms with Gasteiger partial charge in [0.1, 0.15) is 12.2 Å². The van der Waals surface area contributed by atoms with Crippen LogP contribution in [0.25, 0.3) is 0 Å². The average Bonchev–Trinajstić information content (AvgIpc) is 2.36. The van der Waals surface area contributed by atoms with Crippen molar-refractivity contribution in [2.24, 2.45) is 5.92 Å². The molecule has 1 aromatic carbocycles. The third-order valence-corrected chi connectivity index (χ3v) is 2.96. The Bertz CT molecular complexity index is 510. The van der Waals surface area contributed by atoms with Crippen LogP contribution in [0.2, 0.25) is 0 Å². The largest absolute Gasteiger partial charge is 0.489 e. The molecule has 0 spiro atoms. The van der Waals surface area contributed by atoms with Gasteiger partial charge in [0.05, 0.1) is 12.2 Å². The van der Waals surface area contributed by atoms with E-state index in [2.05, 4.69) is 0 Å². The second kappa shape index (κ2) is 5.30. The molecule has 0 aliphatic carbocycles.